The van der Waals surface area contributed by atoms with Crippen LogP contribution in [0.4, 0.5) is 0 Å². The quantitative estimate of drug-likeness (QED) is 0.0263. The highest BCUT2D eigenvalue weighted by atomic mass is 16.7. The van der Waals surface area contributed by atoms with Crippen molar-refractivity contribution in [1.82, 2.24) is 0 Å². The molecule has 0 saturated carbocycles. The van der Waals surface area contributed by atoms with E-state index < -0.39 is 99.3 Å². The van der Waals surface area contributed by atoms with Gasteiger partial charge in [0, 0.05) is 12.8 Å². The number of unbranched alkanes of at least 4 members (excludes halogenated alkanes) is 10. The van der Waals surface area contributed by atoms with E-state index in [0.29, 0.717) is 12.8 Å². The summed E-state index contributed by atoms with van der Waals surface area (Å²) >= 11 is 0. The fraction of sp³-hybridized carbons (Fsp3) is 0.745. The van der Waals surface area contributed by atoms with Gasteiger partial charge < -0.3 is 64.2 Å². The number of aliphatic hydroxyl groups is 7. The number of carbonyl (C=O) groups is 2. The molecule has 15 heteroatoms. The van der Waals surface area contributed by atoms with Crippen LogP contribution in [0, 0.1) is 0 Å². The predicted octanol–water partition coefficient (Wildman–Crippen LogP) is 4.92. The van der Waals surface area contributed by atoms with E-state index in [1.165, 1.54) is 0 Å². The molecule has 2 heterocycles. The number of ether oxygens (including phenoxy) is 6. The standard InChI is InChI=1S/C47H78O15/c1-3-5-7-9-11-13-15-16-17-18-20-22-24-26-28-30-39(50)60-35(32-57-38(49)29-27-25-23-21-19-14-12-10-8-6-4-2)33-58-46-45(56)43(54)41(52)37(62-46)34-59-47-44(55)42(53)40(51)36(31-48)61-47/h4-7,10-13,16-17,35-37,40-48,51-56H,3,8-9,14-15,18-34H2,1-2H3/b6-4+,7-5+,12-10+,13-11-,17-16-/t35-,36-,37-,40+,41+,42+,43+,44-,45-,46-,47+/m1/s1. The Hall–Kier alpha value is -2.80. The molecule has 0 bridgehead atoms. The fourth-order valence-corrected chi connectivity index (χ4v) is 6.79. The van der Waals surface area contributed by atoms with Crippen LogP contribution in [0.15, 0.2) is 60.8 Å². The molecule has 11 atom stereocenters. The van der Waals surface area contributed by atoms with Gasteiger partial charge in [-0.25, -0.2) is 0 Å². The van der Waals surface area contributed by atoms with E-state index in [4.69, 9.17) is 28.4 Å². The van der Waals surface area contributed by atoms with Crippen molar-refractivity contribution in [2.75, 3.05) is 26.4 Å². The van der Waals surface area contributed by atoms with Gasteiger partial charge in [0.15, 0.2) is 18.7 Å². The number of carbonyl (C=O) groups excluding carboxylic acids is 2. The molecular weight excluding hydrogens is 805 g/mol. The van der Waals surface area contributed by atoms with Gasteiger partial charge in [0.2, 0.25) is 0 Å². The Morgan fingerprint density at radius 3 is 1.61 bits per heavy atom. The third kappa shape index (κ3) is 23.2. The molecule has 0 aromatic heterocycles. The van der Waals surface area contributed by atoms with Gasteiger partial charge in [-0.3, -0.25) is 9.59 Å². The zero-order chi connectivity index (χ0) is 45.4. The largest absolute Gasteiger partial charge is 0.462 e. The molecule has 0 aliphatic carbocycles. The van der Waals surface area contributed by atoms with E-state index in [9.17, 15) is 45.3 Å². The molecule has 0 unspecified atom stereocenters. The molecule has 0 aromatic carbocycles. The maximum absolute atomic E-state index is 12.9. The SMILES string of the molecule is C/C=C/C/C=C/CCCCCCCC(=O)OC[C@H](CO[C@@H]1O[C@H](CO[C@H]2O[C@H](CO)[C@H](O)[C@H](O)[C@H]2O)[C@H](O)[C@H](O)[C@H]1O)OC(=O)CCCCCCC/C=C\C/C=C\C/C=C/CC. The van der Waals surface area contributed by atoms with Crippen LogP contribution in [-0.2, 0) is 38.0 Å². The number of aliphatic hydroxyl groups excluding tert-OH is 7. The highest BCUT2D eigenvalue weighted by Crippen LogP contribution is 2.26. The van der Waals surface area contributed by atoms with Crippen LogP contribution >= 0.6 is 0 Å². The summed E-state index contributed by atoms with van der Waals surface area (Å²) in [5, 5.41) is 71.9. The molecular formula is C47H78O15. The minimum atomic E-state index is -1.77. The monoisotopic (exact) mass is 883 g/mol. The van der Waals surface area contributed by atoms with E-state index in [0.717, 1.165) is 89.9 Å². The van der Waals surface area contributed by atoms with Gasteiger partial charge in [0.25, 0.3) is 0 Å². The summed E-state index contributed by atoms with van der Waals surface area (Å²) in [6, 6.07) is 0. The van der Waals surface area contributed by atoms with Crippen molar-refractivity contribution >= 4 is 11.9 Å². The van der Waals surface area contributed by atoms with Gasteiger partial charge in [0.1, 0.15) is 55.4 Å². The lowest BCUT2D eigenvalue weighted by atomic mass is 9.98. The minimum absolute atomic E-state index is 0.139. The smallest absolute Gasteiger partial charge is 0.306 e. The van der Waals surface area contributed by atoms with E-state index in [-0.39, 0.29) is 19.4 Å². The van der Waals surface area contributed by atoms with Gasteiger partial charge >= 0.3 is 11.9 Å². The van der Waals surface area contributed by atoms with Crippen LogP contribution in [0.3, 0.4) is 0 Å². The van der Waals surface area contributed by atoms with E-state index in [1.807, 2.05) is 13.0 Å². The fourth-order valence-electron chi connectivity index (χ4n) is 6.79. The third-order valence-corrected chi connectivity index (χ3v) is 10.6. The van der Waals surface area contributed by atoms with Gasteiger partial charge in [0.05, 0.1) is 19.8 Å². The average Bonchev–Trinajstić information content (AvgIpc) is 3.26. The Kier molecular flexibility index (Phi) is 30.9. The van der Waals surface area contributed by atoms with E-state index >= 15 is 0 Å². The molecule has 0 amide bonds. The molecule has 62 heavy (non-hydrogen) atoms. The zero-order valence-electron chi connectivity index (χ0n) is 37.1. The molecule has 2 saturated heterocycles. The lowest BCUT2D eigenvalue weighted by Crippen LogP contribution is -2.61. The molecule has 2 rings (SSSR count). The molecule has 0 radical (unpaired) electrons. The second-order valence-corrected chi connectivity index (χ2v) is 15.9. The van der Waals surface area contributed by atoms with Crippen molar-refractivity contribution in [3.05, 3.63) is 60.8 Å². The van der Waals surface area contributed by atoms with Crippen molar-refractivity contribution in [3.63, 3.8) is 0 Å². The topological polar surface area (TPSA) is 231 Å². The van der Waals surface area contributed by atoms with E-state index in [1.54, 1.807) is 0 Å². The summed E-state index contributed by atoms with van der Waals surface area (Å²) < 4.78 is 33.4. The van der Waals surface area contributed by atoms with Crippen molar-refractivity contribution < 1.29 is 73.8 Å². The first-order valence-corrected chi connectivity index (χ1v) is 22.8. The number of rotatable bonds is 33. The number of esters is 2. The Labute approximate surface area is 369 Å². The van der Waals surface area contributed by atoms with Crippen LogP contribution in [0.5, 0.6) is 0 Å². The Bertz CT molecular complexity index is 1320. The van der Waals surface area contributed by atoms with Crippen LogP contribution in [0.2, 0.25) is 0 Å². The summed E-state index contributed by atoms with van der Waals surface area (Å²) in [4.78, 5) is 25.6. The maximum atomic E-state index is 12.9. The van der Waals surface area contributed by atoms with Crippen LogP contribution in [-0.4, -0.2) is 142 Å². The first kappa shape index (κ1) is 55.3. The predicted molar refractivity (Wildman–Crippen MR) is 233 cm³/mol. The van der Waals surface area contributed by atoms with Crippen molar-refractivity contribution in [2.24, 2.45) is 0 Å². The average molecular weight is 883 g/mol. The first-order chi connectivity index (χ1) is 30.0. The molecule has 2 aliphatic rings. The lowest BCUT2D eigenvalue weighted by Gasteiger charge is -2.42. The Balaban J connectivity index is 1.87. The second-order valence-electron chi connectivity index (χ2n) is 15.9. The van der Waals surface area contributed by atoms with Crippen LogP contribution < -0.4 is 0 Å². The normalized spacial score (nSPS) is 27.6. The van der Waals surface area contributed by atoms with Gasteiger partial charge in [-0.15, -0.1) is 0 Å². The van der Waals surface area contributed by atoms with Crippen LogP contribution in [0.1, 0.15) is 129 Å². The molecule has 2 fully saturated rings. The van der Waals surface area contributed by atoms with Crippen LogP contribution in [0.25, 0.3) is 0 Å². The van der Waals surface area contributed by atoms with Gasteiger partial charge in [-0.2, -0.15) is 0 Å². The second kappa shape index (κ2) is 34.6. The molecule has 0 spiro atoms. The number of allylic oxidation sites excluding steroid dienone is 10. The van der Waals surface area contributed by atoms with Gasteiger partial charge in [-0.1, -0.05) is 106 Å². The van der Waals surface area contributed by atoms with Crippen molar-refractivity contribution in [3.8, 4) is 0 Å². The summed E-state index contributed by atoms with van der Waals surface area (Å²) in [5.74, 6) is -0.971. The Morgan fingerprint density at radius 1 is 0.548 bits per heavy atom. The highest BCUT2D eigenvalue weighted by Gasteiger charge is 2.47. The summed E-state index contributed by atoms with van der Waals surface area (Å²) in [7, 11) is 0. The minimum Gasteiger partial charge on any atom is -0.462 e. The third-order valence-electron chi connectivity index (χ3n) is 10.6. The molecule has 2 aliphatic heterocycles. The van der Waals surface area contributed by atoms with Gasteiger partial charge in [-0.05, 0) is 71.1 Å². The molecule has 0 aromatic rings. The highest BCUT2D eigenvalue weighted by molar-refractivity contribution is 5.70. The number of hydrogen-bond donors (Lipinski definition) is 7. The zero-order valence-corrected chi connectivity index (χ0v) is 37.1. The molecule has 15 nitrogen and oxygen atoms in total. The maximum Gasteiger partial charge on any atom is 0.306 e. The lowest BCUT2D eigenvalue weighted by molar-refractivity contribution is -0.332. The van der Waals surface area contributed by atoms with Crippen molar-refractivity contribution in [1.29, 1.82) is 0 Å². The number of hydrogen-bond acceptors (Lipinski definition) is 15. The summed E-state index contributed by atoms with van der Waals surface area (Å²) in [6.07, 6.45) is 19.9. The molecule has 7 N–H and O–H groups in total. The first-order valence-electron chi connectivity index (χ1n) is 22.8. The summed E-state index contributed by atoms with van der Waals surface area (Å²) in [5.41, 5.74) is 0. The van der Waals surface area contributed by atoms with Crippen molar-refractivity contribution in [2.45, 2.75) is 197 Å². The summed E-state index contributed by atoms with van der Waals surface area (Å²) in [6.45, 7) is 2.19. The molecule has 356 valence electrons. The Morgan fingerprint density at radius 2 is 1.03 bits per heavy atom. The van der Waals surface area contributed by atoms with E-state index in [2.05, 4.69) is 61.6 Å².